The highest BCUT2D eigenvalue weighted by atomic mass is 79.9. The molecule has 1 heterocycles. The molecule has 0 bridgehead atoms. The number of rotatable bonds is 5. The summed E-state index contributed by atoms with van der Waals surface area (Å²) in [5, 5.41) is 7.11. The van der Waals surface area contributed by atoms with Gasteiger partial charge in [0, 0.05) is 18.8 Å². The fourth-order valence-electron chi connectivity index (χ4n) is 1.22. The Labute approximate surface area is 107 Å². The van der Waals surface area contributed by atoms with Crippen LogP contribution in [0.25, 0.3) is 0 Å². The Kier molecular flexibility index (Phi) is 5.14. The smallest absolute Gasteiger partial charge is 0.343 e. The normalized spacial score (nSPS) is 10.1. The molecule has 0 spiro atoms. The number of alkyl halides is 1. The summed E-state index contributed by atoms with van der Waals surface area (Å²) in [5.41, 5.74) is 0.261. The molecule has 0 saturated heterocycles. The molecule has 0 atom stereocenters. The first kappa shape index (κ1) is 13.7. The number of aromatic nitrogens is 2. The Morgan fingerprint density at radius 1 is 1.59 bits per heavy atom. The molecule has 0 radical (unpaired) electrons. The third-order valence-corrected chi connectivity index (χ3v) is 2.41. The molecule has 1 amide bonds. The number of anilines is 1. The van der Waals surface area contributed by atoms with Crippen molar-refractivity contribution in [2.24, 2.45) is 7.05 Å². The minimum Gasteiger partial charge on any atom is -0.462 e. The highest BCUT2D eigenvalue weighted by Gasteiger charge is 2.18. The highest BCUT2D eigenvalue weighted by Crippen LogP contribution is 2.15. The number of amides is 1. The van der Waals surface area contributed by atoms with Crippen LogP contribution in [0, 0.1) is 0 Å². The van der Waals surface area contributed by atoms with Crippen LogP contribution in [0.5, 0.6) is 0 Å². The van der Waals surface area contributed by atoms with Crippen molar-refractivity contribution in [3.8, 4) is 0 Å². The summed E-state index contributed by atoms with van der Waals surface area (Å²) in [6.45, 7) is 2.00. The first-order valence-electron chi connectivity index (χ1n) is 5.15. The number of hydrogen-bond acceptors (Lipinski definition) is 4. The van der Waals surface area contributed by atoms with Crippen molar-refractivity contribution >= 4 is 33.6 Å². The van der Waals surface area contributed by atoms with Gasteiger partial charge >= 0.3 is 5.97 Å². The van der Waals surface area contributed by atoms with Crippen LogP contribution in [-0.4, -0.2) is 33.6 Å². The van der Waals surface area contributed by atoms with Crippen LogP contribution in [0.2, 0.25) is 0 Å². The van der Waals surface area contributed by atoms with E-state index in [0.717, 1.165) is 0 Å². The van der Waals surface area contributed by atoms with Crippen LogP contribution in [0.4, 0.5) is 5.82 Å². The number of esters is 1. The zero-order valence-corrected chi connectivity index (χ0v) is 11.3. The lowest BCUT2D eigenvalue weighted by Crippen LogP contribution is -2.17. The summed E-state index contributed by atoms with van der Waals surface area (Å²) in [5.74, 6) is -0.319. The molecule has 94 valence electrons. The van der Waals surface area contributed by atoms with Gasteiger partial charge in [-0.1, -0.05) is 15.9 Å². The van der Waals surface area contributed by atoms with Gasteiger partial charge in [0.1, 0.15) is 11.4 Å². The maximum atomic E-state index is 11.6. The Morgan fingerprint density at radius 2 is 2.29 bits per heavy atom. The second-order valence-electron chi connectivity index (χ2n) is 3.24. The summed E-state index contributed by atoms with van der Waals surface area (Å²) in [4.78, 5) is 23.0. The molecular formula is C10H14BrN3O3. The molecule has 0 aliphatic heterocycles. The average molecular weight is 304 g/mol. The zero-order valence-electron chi connectivity index (χ0n) is 9.70. The third kappa shape index (κ3) is 3.55. The minimum atomic E-state index is -0.491. The second-order valence-corrected chi connectivity index (χ2v) is 4.03. The largest absolute Gasteiger partial charge is 0.462 e. The van der Waals surface area contributed by atoms with Crippen LogP contribution in [0.15, 0.2) is 6.20 Å². The molecule has 1 N–H and O–H groups in total. The maximum Gasteiger partial charge on any atom is 0.343 e. The Balaban J connectivity index is 2.86. The molecule has 7 heteroatoms. The summed E-state index contributed by atoms with van der Waals surface area (Å²) in [7, 11) is 1.65. The van der Waals surface area contributed by atoms with Gasteiger partial charge in [-0.25, -0.2) is 4.79 Å². The molecule has 0 saturated carbocycles. The van der Waals surface area contributed by atoms with E-state index in [0.29, 0.717) is 17.6 Å². The summed E-state index contributed by atoms with van der Waals surface area (Å²) < 4.78 is 6.30. The molecule has 0 unspecified atom stereocenters. The molecule has 1 aromatic rings. The maximum absolute atomic E-state index is 11.6. The number of halogens is 1. The van der Waals surface area contributed by atoms with E-state index in [1.807, 2.05) is 0 Å². The Morgan fingerprint density at radius 3 is 2.88 bits per heavy atom. The van der Waals surface area contributed by atoms with Crippen LogP contribution >= 0.6 is 15.9 Å². The van der Waals surface area contributed by atoms with Gasteiger partial charge in [0.15, 0.2) is 0 Å². The summed E-state index contributed by atoms with van der Waals surface area (Å²) in [6.07, 6.45) is 1.70. The van der Waals surface area contributed by atoms with Crippen molar-refractivity contribution in [1.29, 1.82) is 0 Å². The van der Waals surface area contributed by atoms with Crippen LogP contribution in [0.1, 0.15) is 23.7 Å². The predicted molar refractivity (Wildman–Crippen MR) is 66.2 cm³/mol. The van der Waals surface area contributed by atoms with Gasteiger partial charge in [0.25, 0.3) is 0 Å². The van der Waals surface area contributed by atoms with Crippen LogP contribution in [-0.2, 0) is 16.6 Å². The van der Waals surface area contributed by atoms with E-state index < -0.39 is 5.97 Å². The summed E-state index contributed by atoms with van der Waals surface area (Å²) in [6, 6.07) is 0. The quantitative estimate of drug-likeness (QED) is 0.658. The Bertz CT molecular complexity index is 417. The van der Waals surface area contributed by atoms with Crippen molar-refractivity contribution < 1.29 is 14.3 Å². The number of carbonyl (C=O) groups excluding carboxylic acids is 2. The number of aryl methyl sites for hydroxylation is 1. The zero-order chi connectivity index (χ0) is 12.8. The summed E-state index contributed by atoms with van der Waals surface area (Å²) >= 11 is 3.17. The van der Waals surface area contributed by atoms with Gasteiger partial charge in [0.2, 0.25) is 5.91 Å². The van der Waals surface area contributed by atoms with Crippen molar-refractivity contribution in [2.75, 3.05) is 17.3 Å². The molecular weight excluding hydrogens is 290 g/mol. The van der Waals surface area contributed by atoms with Gasteiger partial charge in [-0.2, -0.15) is 5.10 Å². The van der Waals surface area contributed by atoms with E-state index in [2.05, 4.69) is 26.3 Å². The van der Waals surface area contributed by atoms with Crippen molar-refractivity contribution in [3.63, 3.8) is 0 Å². The molecule has 0 aliphatic rings. The molecule has 1 rings (SSSR count). The van der Waals surface area contributed by atoms with E-state index in [1.165, 1.54) is 10.9 Å². The van der Waals surface area contributed by atoms with E-state index in [-0.39, 0.29) is 18.1 Å². The minimum absolute atomic E-state index is 0.184. The van der Waals surface area contributed by atoms with Gasteiger partial charge in [-0.15, -0.1) is 0 Å². The average Bonchev–Trinajstić information content (AvgIpc) is 2.61. The van der Waals surface area contributed by atoms with Crippen molar-refractivity contribution in [3.05, 3.63) is 11.8 Å². The number of hydrogen-bond donors (Lipinski definition) is 1. The van der Waals surface area contributed by atoms with Crippen LogP contribution < -0.4 is 5.32 Å². The topological polar surface area (TPSA) is 73.2 Å². The van der Waals surface area contributed by atoms with Gasteiger partial charge < -0.3 is 10.1 Å². The van der Waals surface area contributed by atoms with Crippen molar-refractivity contribution in [1.82, 2.24) is 9.78 Å². The van der Waals surface area contributed by atoms with E-state index in [4.69, 9.17) is 4.74 Å². The fourth-order valence-corrected chi connectivity index (χ4v) is 1.58. The van der Waals surface area contributed by atoms with Gasteiger partial charge in [-0.05, 0) is 6.92 Å². The monoisotopic (exact) mass is 303 g/mol. The molecule has 6 nitrogen and oxygen atoms in total. The highest BCUT2D eigenvalue weighted by molar-refractivity contribution is 9.09. The van der Waals surface area contributed by atoms with Crippen LogP contribution in [0.3, 0.4) is 0 Å². The number of ether oxygens (including phenoxy) is 1. The van der Waals surface area contributed by atoms with Crippen molar-refractivity contribution in [2.45, 2.75) is 13.3 Å². The Hall–Kier alpha value is -1.37. The molecule has 0 aromatic carbocycles. The number of nitrogens with one attached hydrogen (secondary N) is 1. The SMILES string of the molecule is CCOC(=O)c1cnn(C)c1NC(=O)CCBr. The molecule has 17 heavy (non-hydrogen) atoms. The van der Waals surface area contributed by atoms with E-state index in [9.17, 15) is 9.59 Å². The fraction of sp³-hybridized carbons (Fsp3) is 0.500. The van der Waals surface area contributed by atoms with Gasteiger partial charge in [-0.3, -0.25) is 9.48 Å². The first-order chi connectivity index (χ1) is 8.10. The lowest BCUT2D eigenvalue weighted by molar-refractivity contribution is -0.115. The molecule has 1 aromatic heterocycles. The second kappa shape index (κ2) is 6.39. The lowest BCUT2D eigenvalue weighted by Gasteiger charge is -2.07. The molecule has 0 aliphatic carbocycles. The lowest BCUT2D eigenvalue weighted by atomic mass is 10.3. The number of carbonyl (C=O) groups is 2. The molecule has 0 fully saturated rings. The predicted octanol–water partition coefficient (Wildman–Crippen LogP) is 1.32. The standard InChI is InChI=1S/C10H14BrN3O3/c1-3-17-10(16)7-6-12-14(2)9(7)13-8(15)4-5-11/h6H,3-5H2,1-2H3,(H,13,15). The van der Waals surface area contributed by atoms with E-state index >= 15 is 0 Å². The van der Waals surface area contributed by atoms with Gasteiger partial charge in [0.05, 0.1) is 12.8 Å². The third-order valence-electron chi connectivity index (χ3n) is 2.01. The number of nitrogens with zero attached hydrogens (tertiary/aromatic N) is 2. The van der Waals surface area contributed by atoms with E-state index in [1.54, 1.807) is 14.0 Å². The first-order valence-corrected chi connectivity index (χ1v) is 6.27.